The van der Waals surface area contributed by atoms with Gasteiger partial charge in [0.05, 0.1) is 11.4 Å². The van der Waals surface area contributed by atoms with Crippen LogP contribution >= 0.6 is 15.9 Å². The lowest BCUT2D eigenvalue weighted by Gasteiger charge is -2.09. The van der Waals surface area contributed by atoms with Gasteiger partial charge in [-0.05, 0) is 24.1 Å². The average Bonchev–Trinajstić information content (AvgIpc) is 2.33. The largest absolute Gasteiger partial charge is 0.437 e. The molecule has 0 bridgehead atoms. The molecule has 94 valence electrons. The quantitative estimate of drug-likeness (QED) is 0.878. The monoisotopic (exact) mass is 307 g/mol. The fraction of sp³-hybridized carbons (Fsp3) is 0.231. The van der Waals surface area contributed by atoms with Crippen LogP contribution in [0.25, 0.3) is 0 Å². The summed E-state index contributed by atoms with van der Waals surface area (Å²) in [6, 6.07) is 7.29. The minimum absolute atomic E-state index is 0.331. The van der Waals surface area contributed by atoms with E-state index in [1.807, 2.05) is 12.1 Å². The van der Waals surface area contributed by atoms with Gasteiger partial charge in [-0.1, -0.05) is 29.8 Å². The number of nitrogens with two attached hydrogens (primary N) is 1. The van der Waals surface area contributed by atoms with Gasteiger partial charge in [0.25, 0.3) is 0 Å². The molecule has 2 aromatic rings. The number of nitrogens with zero attached hydrogens (tertiary/aromatic N) is 2. The number of anilines is 1. The van der Waals surface area contributed by atoms with Crippen LogP contribution in [0.3, 0.4) is 0 Å². The molecule has 0 aliphatic heterocycles. The number of ether oxygens (including phenoxy) is 1. The van der Waals surface area contributed by atoms with Crippen molar-refractivity contribution in [1.82, 2.24) is 9.97 Å². The molecule has 0 amide bonds. The summed E-state index contributed by atoms with van der Waals surface area (Å²) in [7, 11) is 0. The van der Waals surface area contributed by atoms with Gasteiger partial charge in [0.1, 0.15) is 6.33 Å². The molecule has 1 heterocycles. The predicted molar refractivity (Wildman–Crippen MR) is 74.7 cm³/mol. The lowest BCUT2D eigenvalue weighted by Crippen LogP contribution is -1.97. The van der Waals surface area contributed by atoms with Gasteiger partial charge in [-0.2, -0.15) is 0 Å². The van der Waals surface area contributed by atoms with E-state index < -0.39 is 0 Å². The standard InChI is InChI=1S/C13H14BrN3O/c1-8(2)11-6-13(17-7-16-11)18-12-4-3-9(14)5-10(12)15/h3-8H,15H2,1-2H3. The van der Waals surface area contributed by atoms with Crippen molar-refractivity contribution in [3.63, 3.8) is 0 Å². The van der Waals surface area contributed by atoms with Crippen molar-refractivity contribution >= 4 is 21.6 Å². The summed E-state index contributed by atoms with van der Waals surface area (Å²) in [5, 5.41) is 0. The van der Waals surface area contributed by atoms with Crippen LogP contribution in [0.1, 0.15) is 25.5 Å². The fourth-order valence-electron chi connectivity index (χ4n) is 1.45. The van der Waals surface area contributed by atoms with Gasteiger partial charge in [-0.3, -0.25) is 0 Å². The summed E-state index contributed by atoms with van der Waals surface area (Å²) in [5.74, 6) is 1.42. The highest BCUT2D eigenvalue weighted by Gasteiger charge is 2.07. The minimum atomic E-state index is 0.331. The first-order valence-electron chi connectivity index (χ1n) is 5.61. The SMILES string of the molecule is CC(C)c1cc(Oc2ccc(Br)cc2N)ncn1. The molecule has 5 heteroatoms. The topological polar surface area (TPSA) is 61.0 Å². The Kier molecular flexibility index (Phi) is 3.81. The van der Waals surface area contributed by atoms with E-state index >= 15 is 0 Å². The average molecular weight is 308 g/mol. The molecule has 18 heavy (non-hydrogen) atoms. The van der Waals surface area contributed by atoms with E-state index in [1.54, 1.807) is 12.1 Å². The second kappa shape index (κ2) is 5.35. The third-order valence-electron chi connectivity index (χ3n) is 2.44. The zero-order valence-corrected chi connectivity index (χ0v) is 11.8. The van der Waals surface area contributed by atoms with Crippen molar-refractivity contribution in [2.75, 3.05) is 5.73 Å². The smallest absolute Gasteiger partial charge is 0.222 e. The highest BCUT2D eigenvalue weighted by atomic mass is 79.9. The highest BCUT2D eigenvalue weighted by molar-refractivity contribution is 9.10. The van der Waals surface area contributed by atoms with Crippen molar-refractivity contribution in [3.8, 4) is 11.6 Å². The van der Waals surface area contributed by atoms with Crippen LogP contribution in [0.4, 0.5) is 5.69 Å². The zero-order chi connectivity index (χ0) is 13.1. The molecule has 2 rings (SSSR count). The second-order valence-corrected chi connectivity index (χ2v) is 5.14. The Balaban J connectivity index is 2.25. The first-order chi connectivity index (χ1) is 8.56. The van der Waals surface area contributed by atoms with E-state index in [-0.39, 0.29) is 0 Å². The van der Waals surface area contributed by atoms with Gasteiger partial charge in [0.2, 0.25) is 5.88 Å². The maximum absolute atomic E-state index is 5.87. The Morgan fingerprint density at radius 3 is 2.67 bits per heavy atom. The van der Waals surface area contributed by atoms with Gasteiger partial charge in [-0.25, -0.2) is 9.97 Å². The van der Waals surface area contributed by atoms with E-state index in [9.17, 15) is 0 Å². The number of halogens is 1. The summed E-state index contributed by atoms with van der Waals surface area (Å²) in [6.45, 7) is 4.14. The van der Waals surface area contributed by atoms with Crippen molar-refractivity contribution in [2.45, 2.75) is 19.8 Å². The molecular formula is C13H14BrN3O. The number of benzene rings is 1. The molecular weight excluding hydrogens is 294 g/mol. The summed E-state index contributed by atoms with van der Waals surface area (Å²) < 4.78 is 6.57. The van der Waals surface area contributed by atoms with Crippen LogP contribution in [-0.4, -0.2) is 9.97 Å². The van der Waals surface area contributed by atoms with Gasteiger partial charge >= 0.3 is 0 Å². The Hall–Kier alpha value is -1.62. The number of aromatic nitrogens is 2. The molecule has 0 radical (unpaired) electrons. The third kappa shape index (κ3) is 2.98. The first-order valence-corrected chi connectivity index (χ1v) is 6.40. The van der Waals surface area contributed by atoms with Crippen LogP contribution in [0.15, 0.2) is 35.1 Å². The van der Waals surface area contributed by atoms with Gasteiger partial charge < -0.3 is 10.5 Å². The summed E-state index contributed by atoms with van der Waals surface area (Å²) in [5.41, 5.74) is 7.37. The molecule has 0 saturated heterocycles. The van der Waals surface area contributed by atoms with E-state index in [1.165, 1.54) is 6.33 Å². The Morgan fingerprint density at radius 2 is 2.00 bits per heavy atom. The number of nitrogen functional groups attached to an aromatic ring is 1. The van der Waals surface area contributed by atoms with Crippen LogP contribution in [0.5, 0.6) is 11.6 Å². The Morgan fingerprint density at radius 1 is 1.22 bits per heavy atom. The molecule has 0 fully saturated rings. The molecule has 2 N–H and O–H groups in total. The van der Waals surface area contributed by atoms with E-state index in [0.717, 1.165) is 10.2 Å². The summed E-state index contributed by atoms with van der Waals surface area (Å²) in [6.07, 6.45) is 1.50. The molecule has 0 atom stereocenters. The third-order valence-corrected chi connectivity index (χ3v) is 2.93. The van der Waals surface area contributed by atoms with E-state index in [4.69, 9.17) is 10.5 Å². The molecule has 1 aromatic carbocycles. The maximum Gasteiger partial charge on any atom is 0.222 e. The van der Waals surface area contributed by atoms with Crippen molar-refractivity contribution in [2.24, 2.45) is 0 Å². The van der Waals surface area contributed by atoms with Crippen molar-refractivity contribution in [3.05, 3.63) is 40.8 Å². The fourth-order valence-corrected chi connectivity index (χ4v) is 1.83. The maximum atomic E-state index is 5.87. The number of rotatable bonds is 3. The second-order valence-electron chi connectivity index (χ2n) is 4.22. The van der Waals surface area contributed by atoms with Crippen molar-refractivity contribution < 1.29 is 4.74 Å². The lowest BCUT2D eigenvalue weighted by atomic mass is 10.1. The first kappa shape index (κ1) is 12.8. The van der Waals surface area contributed by atoms with Gasteiger partial charge in [0.15, 0.2) is 5.75 Å². The zero-order valence-electron chi connectivity index (χ0n) is 10.2. The number of hydrogen-bond donors (Lipinski definition) is 1. The molecule has 4 nitrogen and oxygen atoms in total. The van der Waals surface area contributed by atoms with Gasteiger partial charge in [-0.15, -0.1) is 0 Å². The summed E-state index contributed by atoms with van der Waals surface area (Å²) >= 11 is 3.35. The minimum Gasteiger partial charge on any atom is -0.437 e. The number of hydrogen-bond acceptors (Lipinski definition) is 4. The molecule has 0 aliphatic rings. The van der Waals surface area contributed by atoms with Crippen LogP contribution in [0, 0.1) is 0 Å². The Labute approximate surface area is 114 Å². The summed E-state index contributed by atoms with van der Waals surface area (Å²) in [4.78, 5) is 8.27. The molecule has 0 saturated carbocycles. The molecule has 1 aromatic heterocycles. The molecule has 0 aliphatic carbocycles. The molecule has 0 spiro atoms. The lowest BCUT2D eigenvalue weighted by molar-refractivity contribution is 0.461. The predicted octanol–water partition coefficient (Wildman–Crippen LogP) is 3.74. The van der Waals surface area contributed by atoms with E-state index in [0.29, 0.717) is 23.2 Å². The molecule has 0 unspecified atom stereocenters. The normalized spacial score (nSPS) is 10.7. The van der Waals surface area contributed by atoms with Crippen LogP contribution in [0.2, 0.25) is 0 Å². The van der Waals surface area contributed by atoms with Gasteiger partial charge in [0, 0.05) is 10.5 Å². The van der Waals surface area contributed by atoms with Crippen LogP contribution < -0.4 is 10.5 Å². The Bertz CT molecular complexity index is 558. The van der Waals surface area contributed by atoms with E-state index in [2.05, 4.69) is 39.7 Å². The highest BCUT2D eigenvalue weighted by Crippen LogP contribution is 2.29. The van der Waals surface area contributed by atoms with Crippen molar-refractivity contribution in [1.29, 1.82) is 0 Å². The van der Waals surface area contributed by atoms with Crippen LogP contribution in [-0.2, 0) is 0 Å².